The van der Waals surface area contributed by atoms with Crippen LogP contribution in [0.3, 0.4) is 0 Å². The number of nitrogens with one attached hydrogen (secondary N) is 2. The van der Waals surface area contributed by atoms with Gasteiger partial charge in [-0.3, -0.25) is 4.79 Å². The second-order valence-corrected chi connectivity index (χ2v) is 7.03. The first-order valence-electron chi connectivity index (χ1n) is 10.1. The predicted octanol–water partition coefficient (Wildman–Crippen LogP) is 4.62. The zero-order valence-electron chi connectivity index (χ0n) is 17.2. The number of hydrogen-bond acceptors (Lipinski definition) is 5. The van der Waals surface area contributed by atoms with Gasteiger partial charge in [-0.15, -0.1) is 0 Å². The van der Waals surface area contributed by atoms with Gasteiger partial charge in [0, 0.05) is 5.69 Å². The molecule has 4 aromatic carbocycles. The Morgan fingerprint density at radius 3 is 2.31 bits per heavy atom. The fourth-order valence-corrected chi connectivity index (χ4v) is 3.06. The van der Waals surface area contributed by atoms with Crippen molar-refractivity contribution in [2.45, 2.75) is 0 Å². The van der Waals surface area contributed by atoms with Crippen LogP contribution in [0.4, 0.5) is 5.69 Å². The van der Waals surface area contributed by atoms with Crippen LogP contribution in [0.1, 0.15) is 15.9 Å². The lowest BCUT2D eigenvalue weighted by atomic mass is 10.1. The van der Waals surface area contributed by atoms with E-state index in [1.54, 1.807) is 48.5 Å². The van der Waals surface area contributed by atoms with E-state index >= 15 is 0 Å². The number of carbonyl (C=O) groups is 2. The molecule has 0 aliphatic rings. The number of nitrogens with zero attached hydrogens (tertiary/aromatic N) is 1. The highest BCUT2D eigenvalue weighted by atomic mass is 16.5. The molecule has 1 amide bonds. The van der Waals surface area contributed by atoms with E-state index in [1.165, 1.54) is 6.21 Å². The van der Waals surface area contributed by atoms with Gasteiger partial charge in [0.25, 0.3) is 5.91 Å². The summed E-state index contributed by atoms with van der Waals surface area (Å²) in [5, 5.41) is 9.31. The van der Waals surface area contributed by atoms with Gasteiger partial charge in [-0.1, -0.05) is 48.5 Å². The Hall–Kier alpha value is -4.45. The molecule has 0 spiro atoms. The number of hydrogen-bond donors (Lipinski definition) is 2. The number of fused-ring (bicyclic) bond motifs is 1. The zero-order valence-corrected chi connectivity index (χ0v) is 17.2. The average molecular weight is 423 g/mol. The molecule has 0 saturated heterocycles. The molecule has 4 aromatic rings. The maximum atomic E-state index is 12.1. The first-order valence-corrected chi connectivity index (χ1v) is 10.1. The Bertz CT molecular complexity index is 1250. The van der Waals surface area contributed by atoms with Crippen LogP contribution in [0, 0.1) is 0 Å². The number of hydrazone groups is 1. The van der Waals surface area contributed by atoms with Crippen molar-refractivity contribution in [3.63, 3.8) is 0 Å². The Morgan fingerprint density at radius 1 is 0.812 bits per heavy atom. The minimum Gasteiger partial charge on any atom is -0.423 e. The van der Waals surface area contributed by atoms with Crippen LogP contribution in [-0.2, 0) is 4.79 Å². The molecule has 6 nitrogen and oxygen atoms in total. The SMILES string of the molecule is O=C(CNc1ccc2ccccc2c1)N/N=C\c1ccc(OC(=O)c2ccccc2)cc1. The highest BCUT2D eigenvalue weighted by molar-refractivity contribution is 5.91. The number of ether oxygens (including phenoxy) is 1. The van der Waals surface area contributed by atoms with Gasteiger partial charge in [0.2, 0.25) is 0 Å². The van der Waals surface area contributed by atoms with Crippen LogP contribution in [0.2, 0.25) is 0 Å². The van der Waals surface area contributed by atoms with E-state index in [9.17, 15) is 9.59 Å². The lowest BCUT2D eigenvalue weighted by Gasteiger charge is -2.07. The fourth-order valence-electron chi connectivity index (χ4n) is 3.06. The molecule has 0 aromatic heterocycles. The third kappa shape index (κ3) is 5.58. The van der Waals surface area contributed by atoms with Gasteiger partial charge < -0.3 is 10.1 Å². The molecule has 158 valence electrons. The fraction of sp³-hybridized carbons (Fsp3) is 0.0385. The summed E-state index contributed by atoms with van der Waals surface area (Å²) in [7, 11) is 0. The molecule has 0 saturated carbocycles. The van der Waals surface area contributed by atoms with Crippen molar-refractivity contribution >= 4 is 34.6 Å². The maximum Gasteiger partial charge on any atom is 0.343 e. The van der Waals surface area contributed by atoms with Gasteiger partial charge in [0.1, 0.15) is 5.75 Å². The molecule has 6 heteroatoms. The quantitative estimate of drug-likeness (QED) is 0.197. The monoisotopic (exact) mass is 423 g/mol. The summed E-state index contributed by atoms with van der Waals surface area (Å²) in [5.74, 6) is -0.249. The van der Waals surface area contributed by atoms with Crippen LogP contribution in [0.25, 0.3) is 10.8 Å². The molecule has 0 heterocycles. The van der Waals surface area contributed by atoms with E-state index in [0.717, 1.165) is 22.0 Å². The van der Waals surface area contributed by atoms with E-state index in [0.29, 0.717) is 11.3 Å². The lowest BCUT2D eigenvalue weighted by molar-refractivity contribution is -0.119. The molecule has 4 rings (SSSR count). The molecule has 0 radical (unpaired) electrons. The molecule has 0 aliphatic carbocycles. The molecule has 0 fully saturated rings. The zero-order chi connectivity index (χ0) is 22.2. The van der Waals surface area contributed by atoms with Crippen molar-refractivity contribution < 1.29 is 14.3 Å². The van der Waals surface area contributed by atoms with Crippen LogP contribution in [0.15, 0.2) is 102 Å². The van der Waals surface area contributed by atoms with Gasteiger partial charge in [0.15, 0.2) is 0 Å². The number of benzene rings is 4. The van der Waals surface area contributed by atoms with Crippen LogP contribution in [-0.4, -0.2) is 24.6 Å². The molecular formula is C26H21N3O3. The molecule has 0 atom stereocenters. The standard InChI is InChI=1S/C26H21N3O3/c30-25(18-27-23-13-12-20-6-4-5-9-22(20)16-23)29-28-17-19-10-14-24(15-11-19)32-26(31)21-7-2-1-3-8-21/h1-17,27H,18H2,(H,29,30)/b28-17-. The van der Waals surface area contributed by atoms with Crippen molar-refractivity contribution in [3.8, 4) is 5.75 Å². The normalized spacial score (nSPS) is 10.8. The van der Waals surface area contributed by atoms with Crippen LogP contribution >= 0.6 is 0 Å². The Labute approximate surface area is 185 Å². The van der Waals surface area contributed by atoms with Crippen LogP contribution in [0.5, 0.6) is 5.75 Å². The van der Waals surface area contributed by atoms with Crippen molar-refractivity contribution in [3.05, 3.63) is 108 Å². The molecule has 2 N–H and O–H groups in total. The van der Waals surface area contributed by atoms with Gasteiger partial charge in [-0.25, -0.2) is 10.2 Å². The van der Waals surface area contributed by atoms with E-state index < -0.39 is 5.97 Å². The summed E-state index contributed by atoms with van der Waals surface area (Å²) in [6.07, 6.45) is 1.52. The highest BCUT2D eigenvalue weighted by Crippen LogP contribution is 2.18. The second-order valence-electron chi connectivity index (χ2n) is 7.03. The molecule has 0 aliphatic heterocycles. The maximum absolute atomic E-state index is 12.1. The number of carbonyl (C=O) groups excluding carboxylic acids is 2. The van der Waals surface area contributed by atoms with E-state index in [2.05, 4.69) is 15.8 Å². The highest BCUT2D eigenvalue weighted by Gasteiger charge is 2.07. The number of rotatable bonds is 7. The third-order valence-electron chi connectivity index (χ3n) is 4.71. The number of esters is 1. The topological polar surface area (TPSA) is 79.8 Å². The first-order chi connectivity index (χ1) is 15.7. The summed E-state index contributed by atoms with van der Waals surface area (Å²) >= 11 is 0. The summed E-state index contributed by atoms with van der Waals surface area (Å²) in [4.78, 5) is 24.1. The van der Waals surface area contributed by atoms with E-state index in [1.807, 2.05) is 48.5 Å². The van der Waals surface area contributed by atoms with E-state index in [4.69, 9.17) is 4.74 Å². The summed E-state index contributed by atoms with van der Waals surface area (Å²) < 4.78 is 5.34. The lowest BCUT2D eigenvalue weighted by Crippen LogP contribution is -2.25. The van der Waals surface area contributed by atoms with Crippen molar-refractivity contribution in [1.82, 2.24) is 5.43 Å². The third-order valence-corrected chi connectivity index (χ3v) is 4.71. The first kappa shape index (κ1) is 20.8. The van der Waals surface area contributed by atoms with Gasteiger partial charge >= 0.3 is 5.97 Å². The Kier molecular flexibility index (Phi) is 6.53. The molecule has 0 bridgehead atoms. The summed E-state index contributed by atoms with van der Waals surface area (Å²) in [5.41, 5.74) is 4.60. The van der Waals surface area contributed by atoms with Crippen molar-refractivity contribution in [1.29, 1.82) is 0 Å². The molecular weight excluding hydrogens is 402 g/mol. The Balaban J connectivity index is 1.25. The average Bonchev–Trinajstić information content (AvgIpc) is 2.84. The second kappa shape index (κ2) is 10.0. The smallest absolute Gasteiger partial charge is 0.343 e. The molecule has 0 unspecified atom stereocenters. The predicted molar refractivity (Wildman–Crippen MR) is 126 cm³/mol. The minimum atomic E-state index is -0.418. The number of anilines is 1. The number of amides is 1. The van der Waals surface area contributed by atoms with Crippen molar-refractivity contribution in [2.24, 2.45) is 5.10 Å². The van der Waals surface area contributed by atoms with Crippen molar-refractivity contribution in [2.75, 3.05) is 11.9 Å². The minimum absolute atomic E-state index is 0.101. The Morgan fingerprint density at radius 2 is 1.53 bits per heavy atom. The molecule has 32 heavy (non-hydrogen) atoms. The largest absolute Gasteiger partial charge is 0.423 e. The summed E-state index contributed by atoms with van der Waals surface area (Å²) in [6.45, 7) is 0.101. The van der Waals surface area contributed by atoms with Gasteiger partial charge in [-0.2, -0.15) is 5.10 Å². The van der Waals surface area contributed by atoms with Gasteiger partial charge in [-0.05, 0) is 64.9 Å². The van der Waals surface area contributed by atoms with Crippen LogP contribution < -0.4 is 15.5 Å². The van der Waals surface area contributed by atoms with E-state index in [-0.39, 0.29) is 12.5 Å². The summed E-state index contributed by atoms with van der Waals surface area (Å²) in [6, 6.07) is 29.6. The van der Waals surface area contributed by atoms with Gasteiger partial charge in [0.05, 0.1) is 18.3 Å².